The minimum Gasteiger partial charge on any atom is -0.508 e. The van der Waals surface area contributed by atoms with E-state index in [9.17, 15) is 14.7 Å². The van der Waals surface area contributed by atoms with Crippen molar-refractivity contribution in [1.82, 2.24) is 10.2 Å². The molecule has 1 heterocycles. The standard InChI is InChI=1S/C18H26N2O4/c1-13(2)24-18(23)16(11-14-5-7-15(21)8-6-14)19-17(22)12-20-9-3-4-10-20/h5-8,13,16,21H,3-4,9-12H2,1-2H3,(H,19,22)/t16-/m0/s1. The molecular formula is C18H26N2O4. The van der Waals surface area contributed by atoms with Gasteiger partial charge in [-0.1, -0.05) is 12.1 Å². The molecule has 2 rings (SSSR count). The van der Waals surface area contributed by atoms with Crippen LogP contribution in [0.4, 0.5) is 0 Å². The van der Waals surface area contributed by atoms with Crippen molar-refractivity contribution < 1.29 is 19.4 Å². The zero-order valence-electron chi connectivity index (χ0n) is 14.3. The number of phenolic OH excluding ortho intramolecular Hbond substituents is 1. The summed E-state index contributed by atoms with van der Waals surface area (Å²) in [6.07, 6.45) is 2.31. The summed E-state index contributed by atoms with van der Waals surface area (Å²) in [6.45, 7) is 5.71. The molecule has 6 heteroatoms. The molecule has 1 atom stereocenters. The molecule has 1 saturated heterocycles. The Kier molecular flexibility index (Phi) is 6.61. The van der Waals surface area contributed by atoms with Crippen LogP contribution in [0.2, 0.25) is 0 Å². The van der Waals surface area contributed by atoms with Crippen LogP contribution < -0.4 is 5.32 Å². The summed E-state index contributed by atoms with van der Waals surface area (Å²) in [5.74, 6) is -0.438. The van der Waals surface area contributed by atoms with Gasteiger partial charge < -0.3 is 15.2 Å². The molecule has 0 radical (unpaired) electrons. The number of benzene rings is 1. The molecule has 1 aliphatic heterocycles. The zero-order chi connectivity index (χ0) is 17.5. The van der Waals surface area contributed by atoms with Gasteiger partial charge in [-0.05, 0) is 57.5 Å². The number of phenols is 1. The molecule has 0 aliphatic carbocycles. The number of carbonyl (C=O) groups excluding carboxylic acids is 2. The van der Waals surface area contributed by atoms with Gasteiger partial charge in [-0.15, -0.1) is 0 Å². The maximum absolute atomic E-state index is 12.3. The van der Waals surface area contributed by atoms with Crippen molar-refractivity contribution in [2.24, 2.45) is 0 Å². The molecule has 1 aromatic rings. The summed E-state index contributed by atoms with van der Waals surface area (Å²) in [4.78, 5) is 26.6. The lowest BCUT2D eigenvalue weighted by Crippen LogP contribution is -2.47. The van der Waals surface area contributed by atoms with Gasteiger partial charge in [0.2, 0.25) is 5.91 Å². The van der Waals surface area contributed by atoms with Gasteiger partial charge in [0, 0.05) is 6.42 Å². The molecule has 132 valence electrons. The number of aromatic hydroxyl groups is 1. The van der Waals surface area contributed by atoms with E-state index >= 15 is 0 Å². The zero-order valence-corrected chi connectivity index (χ0v) is 14.3. The van der Waals surface area contributed by atoms with E-state index in [4.69, 9.17) is 4.74 Å². The number of nitrogens with zero attached hydrogens (tertiary/aromatic N) is 1. The van der Waals surface area contributed by atoms with Crippen molar-refractivity contribution in [3.05, 3.63) is 29.8 Å². The van der Waals surface area contributed by atoms with Crippen LogP contribution in [-0.2, 0) is 20.7 Å². The molecule has 0 unspecified atom stereocenters. The van der Waals surface area contributed by atoms with E-state index in [1.807, 2.05) is 0 Å². The van der Waals surface area contributed by atoms with Crippen LogP contribution >= 0.6 is 0 Å². The third-order valence-electron chi connectivity index (χ3n) is 3.91. The average Bonchev–Trinajstić information content (AvgIpc) is 3.01. The van der Waals surface area contributed by atoms with E-state index in [2.05, 4.69) is 10.2 Å². The fraction of sp³-hybridized carbons (Fsp3) is 0.556. The number of amides is 1. The lowest BCUT2D eigenvalue weighted by atomic mass is 10.1. The summed E-state index contributed by atoms with van der Waals surface area (Å²) < 4.78 is 5.26. The molecule has 2 N–H and O–H groups in total. The highest BCUT2D eigenvalue weighted by molar-refractivity contribution is 5.85. The predicted octanol–water partition coefficient (Wildman–Crippen LogP) is 1.47. The highest BCUT2D eigenvalue weighted by atomic mass is 16.5. The molecule has 0 spiro atoms. The van der Waals surface area contributed by atoms with Crippen molar-refractivity contribution in [2.75, 3.05) is 19.6 Å². The highest BCUT2D eigenvalue weighted by Gasteiger charge is 2.25. The Morgan fingerprint density at radius 3 is 2.42 bits per heavy atom. The van der Waals surface area contributed by atoms with E-state index in [1.165, 1.54) is 0 Å². The molecule has 24 heavy (non-hydrogen) atoms. The van der Waals surface area contributed by atoms with Crippen LogP contribution in [0.15, 0.2) is 24.3 Å². The van der Waals surface area contributed by atoms with Crippen LogP contribution in [-0.4, -0.2) is 53.7 Å². The Bertz CT molecular complexity index is 551. The lowest BCUT2D eigenvalue weighted by Gasteiger charge is -2.21. The Morgan fingerprint density at radius 2 is 1.83 bits per heavy atom. The first-order chi connectivity index (χ1) is 11.4. The van der Waals surface area contributed by atoms with E-state index in [1.54, 1.807) is 38.1 Å². The third kappa shape index (κ3) is 5.85. The SMILES string of the molecule is CC(C)OC(=O)[C@H](Cc1ccc(O)cc1)NC(=O)CN1CCCC1. The lowest BCUT2D eigenvalue weighted by molar-refractivity contribution is -0.151. The topological polar surface area (TPSA) is 78.9 Å². The van der Waals surface area contributed by atoms with E-state index in [0.717, 1.165) is 31.5 Å². The molecule has 1 fully saturated rings. The largest absolute Gasteiger partial charge is 0.508 e. The molecule has 1 aliphatic rings. The van der Waals surface area contributed by atoms with Crippen LogP contribution in [0.1, 0.15) is 32.3 Å². The Balaban J connectivity index is 1.99. The summed E-state index contributed by atoms with van der Waals surface area (Å²) in [5, 5.41) is 12.2. The number of esters is 1. The van der Waals surface area contributed by atoms with Gasteiger partial charge in [0.1, 0.15) is 11.8 Å². The van der Waals surface area contributed by atoms with Crippen LogP contribution in [0, 0.1) is 0 Å². The fourth-order valence-electron chi connectivity index (χ4n) is 2.76. The number of hydrogen-bond donors (Lipinski definition) is 2. The van der Waals surface area contributed by atoms with Gasteiger partial charge in [0.15, 0.2) is 0 Å². The fourth-order valence-corrected chi connectivity index (χ4v) is 2.76. The normalized spacial score (nSPS) is 16.1. The Labute approximate surface area is 142 Å². The monoisotopic (exact) mass is 334 g/mol. The minimum absolute atomic E-state index is 0.165. The first-order valence-electron chi connectivity index (χ1n) is 8.44. The van der Waals surface area contributed by atoms with Gasteiger partial charge in [-0.2, -0.15) is 0 Å². The van der Waals surface area contributed by atoms with Gasteiger partial charge in [0.25, 0.3) is 0 Å². The number of nitrogens with one attached hydrogen (secondary N) is 1. The predicted molar refractivity (Wildman–Crippen MR) is 90.6 cm³/mol. The van der Waals surface area contributed by atoms with Crippen molar-refractivity contribution in [2.45, 2.75) is 45.3 Å². The Hall–Kier alpha value is -2.08. The second-order valence-corrected chi connectivity index (χ2v) is 6.46. The maximum atomic E-state index is 12.3. The number of likely N-dealkylation sites (tertiary alicyclic amines) is 1. The van der Waals surface area contributed by atoms with Gasteiger partial charge in [-0.25, -0.2) is 4.79 Å². The van der Waals surface area contributed by atoms with Crippen LogP contribution in [0.5, 0.6) is 5.75 Å². The van der Waals surface area contributed by atoms with Gasteiger partial charge in [-0.3, -0.25) is 9.69 Å². The Morgan fingerprint density at radius 1 is 1.21 bits per heavy atom. The average molecular weight is 334 g/mol. The molecule has 6 nitrogen and oxygen atoms in total. The highest BCUT2D eigenvalue weighted by Crippen LogP contribution is 2.12. The maximum Gasteiger partial charge on any atom is 0.329 e. The third-order valence-corrected chi connectivity index (χ3v) is 3.91. The molecule has 1 aromatic carbocycles. The van der Waals surface area contributed by atoms with Crippen LogP contribution in [0.3, 0.4) is 0 Å². The van der Waals surface area contributed by atoms with Crippen molar-refractivity contribution >= 4 is 11.9 Å². The van der Waals surface area contributed by atoms with Gasteiger partial charge >= 0.3 is 5.97 Å². The molecule has 0 bridgehead atoms. The smallest absolute Gasteiger partial charge is 0.329 e. The molecule has 0 aromatic heterocycles. The van der Waals surface area contributed by atoms with Crippen LogP contribution in [0.25, 0.3) is 0 Å². The van der Waals surface area contributed by atoms with Crippen molar-refractivity contribution in [3.63, 3.8) is 0 Å². The molecule has 1 amide bonds. The van der Waals surface area contributed by atoms with E-state index in [0.29, 0.717) is 13.0 Å². The minimum atomic E-state index is -0.730. The first kappa shape index (κ1) is 18.3. The van der Waals surface area contributed by atoms with E-state index in [-0.39, 0.29) is 17.8 Å². The summed E-state index contributed by atoms with van der Waals surface area (Å²) in [5.41, 5.74) is 0.847. The first-order valence-corrected chi connectivity index (χ1v) is 8.44. The summed E-state index contributed by atoms with van der Waals surface area (Å²) in [7, 11) is 0. The molecule has 0 saturated carbocycles. The number of ether oxygens (including phenoxy) is 1. The number of rotatable bonds is 7. The van der Waals surface area contributed by atoms with E-state index < -0.39 is 12.0 Å². The second-order valence-electron chi connectivity index (χ2n) is 6.46. The van der Waals surface area contributed by atoms with Crippen molar-refractivity contribution in [3.8, 4) is 5.75 Å². The number of carbonyl (C=O) groups is 2. The second kappa shape index (κ2) is 8.68. The molecular weight excluding hydrogens is 308 g/mol. The van der Waals surface area contributed by atoms with Gasteiger partial charge in [0.05, 0.1) is 12.6 Å². The number of hydrogen-bond acceptors (Lipinski definition) is 5. The van der Waals surface area contributed by atoms with Crippen molar-refractivity contribution in [1.29, 1.82) is 0 Å². The quantitative estimate of drug-likeness (QED) is 0.738. The summed E-state index contributed by atoms with van der Waals surface area (Å²) in [6, 6.07) is 5.86. The summed E-state index contributed by atoms with van der Waals surface area (Å²) >= 11 is 0.